The first-order valence-corrected chi connectivity index (χ1v) is 9.87. The quantitative estimate of drug-likeness (QED) is 0.594. The molecule has 0 saturated heterocycles. The molecule has 0 saturated carbocycles. The lowest BCUT2D eigenvalue weighted by molar-refractivity contribution is -0.117. The molecule has 6 heteroatoms. The van der Waals surface area contributed by atoms with Crippen molar-refractivity contribution in [2.45, 2.75) is 13.0 Å². The molecule has 0 aliphatic carbocycles. The molecule has 3 aromatic carbocycles. The first-order chi connectivity index (χ1) is 15.0. The third-order valence-corrected chi connectivity index (χ3v) is 5.10. The van der Waals surface area contributed by atoms with Crippen LogP contribution in [0.5, 0.6) is 11.5 Å². The summed E-state index contributed by atoms with van der Waals surface area (Å²) in [6, 6.07) is 20.2. The smallest absolute Gasteiger partial charge is 0.248 e. The number of phenols is 1. The Kier molecular flexibility index (Phi) is 5.71. The number of methoxy groups -OCH3 is 1. The fourth-order valence-electron chi connectivity index (χ4n) is 3.63. The van der Waals surface area contributed by atoms with Crippen LogP contribution in [0.25, 0.3) is 6.08 Å². The van der Waals surface area contributed by atoms with Crippen LogP contribution < -0.4 is 15.0 Å². The summed E-state index contributed by atoms with van der Waals surface area (Å²) >= 11 is 0. The van der Waals surface area contributed by atoms with Crippen LogP contribution in [0.3, 0.4) is 0 Å². The Labute approximate surface area is 180 Å². The highest BCUT2D eigenvalue weighted by Gasteiger charge is 2.30. The van der Waals surface area contributed by atoms with E-state index in [1.807, 2.05) is 42.5 Å². The normalized spacial score (nSPS) is 12.8. The average molecular weight is 414 g/mol. The lowest BCUT2D eigenvalue weighted by Crippen LogP contribution is -2.27. The molecule has 6 nitrogen and oxygen atoms in total. The third-order valence-electron chi connectivity index (χ3n) is 5.10. The molecule has 1 aliphatic rings. The van der Waals surface area contributed by atoms with Crippen LogP contribution in [-0.2, 0) is 22.6 Å². The molecule has 0 atom stereocenters. The minimum atomic E-state index is -0.331. The summed E-state index contributed by atoms with van der Waals surface area (Å²) in [6.07, 6.45) is 3.30. The minimum Gasteiger partial charge on any atom is -0.504 e. The molecule has 0 aromatic heterocycles. The Hall–Kier alpha value is -4.06. The maximum absolute atomic E-state index is 12.6. The van der Waals surface area contributed by atoms with Crippen molar-refractivity contribution in [3.8, 4) is 11.5 Å². The Balaban J connectivity index is 1.53. The predicted molar refractivity (Wildman–Crippen MR) is 120 cm³/mol. The number of nitrogens with one attached hydrogen (secondary N) is 1. The van der Waals surface area contributed by atoms with E-state index in [9.17, 15) is 14.7 Å². The molecule has 1 aliphatic heterocycles. The van der Waals surface area contributed by atoms with Crippen LogP contribution in [0.15, 0.2) is 72.8 Å². The number of carbonyl (C=O) groups excluding carboxylic acids is 2. The van der Waals surface area contributed by atoms with Gasteiger partial charge in [-0.15, -0.1) is 0 Å². The lowest BCUT2D eigenvalue weighted by atomic mass is 10.1. The highest BCUT2D eigenvalue weighted by Crippen LogP contribution is 2.37. The van der Waals surface area contributed by atoms with E-state index in [0.29, 0.717) is 30.0 Å². The number of amides is 2. The SMILES string of the molecule is COc1ccc(C=CC(=O)Nc2cccc3c2N(Cc2ccccc2)C(=O)C3)cc1O. The van der Waals surface area contributed by atoms with E-state index in [1.54, 1.807) is 29.2 Å². The third kappa shape index (κ3) is 4.43. The van der Waals surface area contributed by atoms with Crippen molar-refractivity contribution in [1.29, 1.82) is 0 Å². The van der Waals surface area contributed by atoms with E-state index in [-0.39, 0.29) is 17.6 Å². The Morgan fingerprint density at radius 2 is 1.94 bits per heavy atom. The monoisotopic (exact) mass is 414 g/mol. The number of phenolic OH excluding ortho intramolecular Hbond substituents is 1. The molecule has 1 heterocycles. The van der Waals surface area contributed by atoms with E-state index < -0.39 is 0 Å². The fraction of sp³-hybridized carbons (Fsp3) is 0.120. The molecular weight excluding hydrogens is 392 g/mol. The summed E-state index contributed by atoms with van der Waals surface area (Å²) < 4.78 is 5.02. The van der Waals surface area contributed by atoms with Gasteiger partial charge < -0.3 is 20.1 Å². The van der Waals surface area contributed by atoms with Crippen molar-refractivity contribution in [2.75, 3.05) is 17.3 Å². The number of aromatic hydroxyl groups is 1. The van der Waals surface area contributed by atoms with Crippen LogP contribution in [0.1, 0.15) is 16.7 Å². The summed E-state index contributed by atoms with van der Waals surface area (Å²) in [5.41, 5.74) is 3.89. The molecule has 2 N–H and O–H groups in total. The van der Waals surface area contributed by atoms with Gasteiger partial charge >= 0.3 is 0 Å². The van der Waals surface area contributed by atoms with Gasteiger partial charge in [0.05, 0.1) is 31.5 Å². The van der Waals surface area contributed by atoms with Crippen LogP contribution in [0, 0.1) is 0 Å². The zero-order valence-electron chi connectivity index (χ0n) is 17.0. The van der Waals surface area contributed by atoms with E-state index in [0.717, 1.165) is 16.8 Å². The van der Waals surface area contributed by atoms with Gasteiger partial charge in [0.25, 0.3) is 0 Å². The molecule has 0 unspecified atom stereocenters. The van der Waals surface area contributed by atoms with E-state index in [4.69, 9.17) is 4.74 Å². The second-order valence-corrected chi connectivity index (χ2v) is 7.21. The van der Waals surface area contributed by atoms with Gasteiger partial charge in [0.15, 0.2) is 11.5 Å². The lowest BCUT2D eigenvalue weighted by Gasteiger charge is -2.20. The summed E-state index contributed by atoms with van der Waals surface area (Å²) in [5, 5.41) is 12.8. The predicted octanol–water partition coefficient (Wildman–Crippen LogP) is 4.14. The van der Waals surface area contributed by atoms with Crippen LogP contribution >= 0.6 is 0 Å². The number of hydrogen-bond acceptors (Lipinski definition) is 4. The zero-order chi connectivity index (χ0) is 21.8. The van der Waals surface area contributed by atoms with Gasteiger partial charge in [-0.25, -0.2) is 0 Å². The number of anilines is 2. The first-order valence-electron chi connectivity index (χ1n) is 9.87. The number of ether oxygens (including phenoxy) is 1. The Morgan fingerprint density at radius 1 is 1.13 bits per heavy atom. The van der Waals surface area contributed by atoms with Gasteiger partial charge in [-0.2, -0.15) is 0 Å². The zero-order valence-corrected chi connectivity index (χ0v) is 17.0. The second kappa shape index (κ2) is 8.75. The second-order valence-electron chi connectivity index (χ2n) is 7.21. The topological polar surface area (TPSA) is 78.9 Å². The standard InChI is InChI=1S/C25H22N2O4/c1-31-22-12-10-17(14-21(22)28)11-13-23(29)26-20-9-5-8-19-15-24(30)27(25(19)20)16-18-6-3-2-4-7-18/h2-14,28H,15-16H2,1H3,(H,26,29). The van der Waals surface area contributed by atoms with Crippen molar-refractivity contribution in [3.63, 3.8) is 0 Å². The minimum absolute atomic E-state index is 0.000929. The fourth-order valence-corrected chi connectivity index (χ4v) is 3.63. The van der Waals surface area contributed by atoms with Crippen molar-refractivity contribution in [2.24, 2.45) is 0 Å². The summed E-state index contributed by atoms with van der Waals surface area (Å²) in [4.78, 5) is 26.9. The number of carbonyl (C=O) groups is 2. The molecule has 0 bridgehead atoms. The van der Waals surface area contributed by atoms with Gasteiger partial charge in [0, 0.05) is 6.08 Å². The first kappa shape index (κ1) is 20.2. The van der Waals surface area contributed by atoms with E-state index in [1.165, 1.54) is 19.3 Å². The number of benzene rings is 3. The highest BCUT2D eigenvalue weighted by atomic mass is 16.5. The molecule has 3 aromatic rings. The highest BCUT2D eigenvalue weighted by molar-refractivity contribution is 6.09. The van der Waals surface area contributed by atoms with Crippen molar-refractivity contribution >= 4 is 29.3 Å². The molecule has 2 amide bonds. The maximum Gasteiger partial charge on any atom is 0.248 e. The van der Waals surface area contributed by atoms with Crippen molar-refractivity contribution in [1.82, 2.24) is 0 Å². The van der Waals surface area contributed by atoms with E-state index >= 15 is 0 Å². The summed E-state index contributed by atoms with van der Waals surface area (Å²) in [5.74, 6) is 0.0400. The Bertz CT molecular complexity index is 1160. The van der Waals surface area contributed by atoms with Crippen molar-refractivity contribution in [3.05, 3.63) is 89.5 Å². The Morgan fingerprint density at radius 3 is 2.68 bits per heavy atom. The molecule has 0 radical (unpaired) electrons. The number of rotatable bonds is 6. The van der Waals surface area contributed by atoms with Crippen molar-refractivity contribution < 1.29 is 19.4 Å². The molecule has 156 valence electrons. The van der Waals surface area contributed by atoms with Gasteiger partial charge in [0.1, 0.15) is 0 Å². The van der Waals surface area contributed by atoms with Gasteiger partial charge in [-0.1, -0.05) is 48.5 Å². The number of hydrogen-bond donors (Lipinski definition) is 2. The molecular formula is C25H22N2O4. The summed E-state index contributed by atoms with van der Waals surface area (Å²) in [7, 11) is 1.47. The van der Waals surface area contributed by atoms with Gasteiger partial charge in [-0.3, -0.25) is 9.59 Å². The maximum atomic E-state index is 12.6. The number of nitrogens with zero attached hydrogens (tertiary/aromatic N) is 1. The van der Waals surface area contributed by atoms with Gasteiger partial charge in [0.2, 0.25) is 11.8 Å². The van der Waals surface area contributed by atoms with Crippen LogP contribution in [-0.4, -0.2) is 24.0 Å². The van der Waals surface area contributed by atoms with Crippen LogP contribution in [0.2, 0.25) is 0 Å². The number of para-hydroxylation sites is 1. The summed E-state index contributed by atoms with van der Waals surface area (Å²) in [6.45, 7) is 0.445. The molecule has 0 spiro atoms. The molecule has 31 heavy (non-hydrogen) atoms. The molecule has 0 fully saturated rings. The van der Waals surface area contributed by atoms with Crippen LogP contribution in [0.4, 0.5) is 11.4 Å². The van der Waals surface area contributed by atoms with Gasteiger partial charge in [-0.05, 0) is 41.0 Å². The number of fused-ring (bicyclic) bond motifs is 1. The van der Waals surface area contributed by atoms with E-state index in [2.05, 4.69) is 5.32 Å². The largest absolute Gasteiger partial charge is 0.504 e. The average Bonchev–Trinajstić information content (AvgIpc) is 3.09. The molecule has 4 rings (SSSR count).